The van der Waals surface area contributed by atoms with E-state index in [2.05, 4.69) is 16.4 Å². The second-order valence-corrected chi connectivity index (χ2v) is 9.65. The molecule has 2 aromatic rings. The molecular formula is C23H28N3O3S+. The molecule has 3 aliphatic carbocycles. The molecule has 30 heavy (non-hydrogen) atoms. The SMILES string of the molecule is CO[N+](=O)c1ccc(/C(=C\C2CCC3CC(CC2)C3)C(=O)Nc2ncc(C)s2)cc1. The minimum absolute atomic E-state index is 0.157. The number of carbonyl (C=O) groups excluding carboxylic acids is 1. The van der Waals surface area contributed by atoms with E-state index in [1.54, 1.807) is 30.5 Å². The molecule has 1 N–H and O–H groups in total. The number of aryl methyl sites for hydroxylation is 1. The fourth-order valence-electron chi connectivity index (χ4n) is 4.54. The summed E-state index contributed by atoms with van der Waals surface area (Å²) in [5.74, 6) is 1.98. The summed E-state index contributed by atoms with van der Waals surface area (Å²) in [4.78, 5) is 35.3. The number of nitrogens with zero attached hydrogens (tertiary/aromatic N) is 2. The summed E-state index contributed by atoms with van der Waals surface area (Å²) < 4.78 is 0. The van der Waals surface area contributed by atoms with Gasteiger partial charge in [-0.2, -0.15) is 0 Å². The zero-order valence-electron chi connectivity index (χ0n) is 17.5. The van der Waals surface area contributed by atoms with Crippen LogP contribution in [0.5, 0.6) is 0 Å². The quantitative estimate of drug-likeness (QED) is 0.478. The number of hydrogen-bond acceptors (Lipinski definition) is 5. The Hall–Kier alpha value is -2.54. The van der Waals surface area contributed by atoms with Crippen LogP contribution in [0.1, 0.15) is 49.0 Å². The fourth-order valence-corrected chi connectivity index (χ4v) is 5.20. The molecule has 2 bridgehead atoms. The van der Waals surface area contributed by atoms with Crippen molar-refractivity contribution in [2.24, 2.45) is 17.8 Å². The predicted molar refractivity (Wildman–Crippen MR) is 118 cm³/mol. The first-order chi connectivity index (χ1) is 14.5. The van der Waals surface area contributed by atoms with Crippen LogP contribution in [0.4, 0.5) is 10.8 Å². The number of aromatic nitrogens is 1. The fraction of sp³-hybridized carbons (Fsp3) is 0.478. The molecule has 3 fully saturated rings. The zero-order valence-corrected chi connectivity index (χ0v) is 18.3. The molecule has 0 spiro atoms. The van der Waals surface area contributed by atoms with Gasteiger partial charge in [-0.15, -0.1) is 11.3 Å². The molecule has 1 heterocycles. The highest BCUT2D eigenvalue weighted by Crippen LogP contribution is 2.44. The van der Waals surface area contributed by atoms with Gasteiger partial charge in [0.1, 0.15) is 0 Å². The van der Waals surface area contributed by atoms with Gasteiger partial charge in [0.15, 0.2) is 12.2 Å². The first kappa shape index (κ1) is 20.7. The highest BCUT2D eigenvalue weighted by atomic mass is 32.1. The lowest BCUT2D eigenvalue weighted by Crippen LogP contribution is -2.27. The molecule has 0 radical (unpaired) electrons. The van der Waals surface area contributed by atoms with Crippen molar-refractivity contribution in [1.29, 1.82) is 0 Å². The molecule has 6 nitrogen and oxygen atoms in total. The molecule has 1 aromatic carbocycles. The Bertz CT molecular complexity index is 933. The highest BCUT2D eigenvalue weighted by Gasteiger charge is 2.32. The number of benzene rings is 1. The van der Waals surface area contributed by atoms with Crippen LogP contribution in [-0.4, -0.2) is 22.9 Å². The van der Waals surface area contributed by atoms with Gasteiger partial charge in [0.25, 0.3) is 10.8 Å². The third-order valence-electron chi connectivity index (χ3n) is 6.27. The standard InChI is InChI=1S/C23H27N3O3S/c1-15-14-24-23(30-15)25-22(27)21(19-7-9-20(10-8-19)26(28)29-2)13-16-3-5-17-11-18(12-17)6-4-16/h7-10,13-14,16-18H,3-6,11-12H2,1-2H3/p+1/b21-13+. The van der Waals surface area contributed by atoms with Gasteiger partial charge in [0, 0.05) is 28.8 Å². The van der Waals surface area contributed by atoms with Gasteiger partial charge in [0.2, 0.25) is 0 Å². The van der Waals surface area contributed by atoms with Crippen LogP contribution in [0.15, 0.2) is 36.5 Å². The van der Waals surface area contributed by atoms with E-state index in [-0.39, 0.29) is 5.91 Å². The maximum atomic E-state index is 13.2. The molecule has 3 saturated carbocycles. The molecular weight excluding hydrogens is 398 g/mol. The molecule has 7 heteroatoms. The lowest BCUT2D eigenvalue weighted by molar-refractivity contribution is -0.736. The summed E-state index contributed by atoms with van der Waals surface area (Å²) in [5, 5.41) is 3.55. The van der Waals surface area contributed by atoms with E-state index in [0.717, 1.165) is 35.1 Å². The Morgan fingerprint density at radius 3 is 2.40 bits per heavy atom. The van der Waals surface area contributed by atoms with Crippen molar-refractivity contribution < 1.29 is 14.6 Å². The van der Waals surface area contributed by atoms with E-state index in [9.17, 15) is 9.70 Å². The van der Waals surface area contributed by atoms with Crippen LogP contribution in [0.3, 0.4) is 0 Å². The summed E-state index contributed by atoms with van der Waals surface area (Å²) in [5.41, 5.74) is 1.83. The van der Waals surface area contributed by atoms with Gasteiger partial charge < -0.3 is 0 Å². The number of amides is 1. The molecule has 1 aromatic heterocycles. The molecule has 3 aliphatic rings. The van der Waals surface area contributed by atoms with E-state index in [4.69, 9.17) is 4.84 Å². The number of allylic oxidation sites excluding steroid dienone is 1. The minimum atomic E-state index is -0.157. The van der Waals surface area contributed by atoms with Gasteiger partial charge in [-0.3, -0.25) is 10.1 Å². The van der Waals surface area contributed by atoms with Crippen molar-refractivity contribution in [3.8, 4) is 0 Å². The zero-order chi connectivity index (χ0) is 21.1. The van der Waals surface area contributed by atoms with Crippen LogP contribution >= 0.6 is 11.3 Å². The van der Waals surface area contributed by atoms with Gasteiger partial charge >= 0.3 is 5.69 Å². The average Bonchev–Trinajstić information content (AvgIpc) is 3.10. The first-order valence-electron chi connectivity index (χ1n) is 10.6. The van der Waals surface area contributed by atoms with Crippen molar-refractivity contribution >= 4 is 33.6 Å². The summed E-state index contributed by atoms with van der Waals surface area (Å²) in [7, 11) is 1.33. The lowest BCUT2D eigenvalue weighted by Gasteiger charge is -2.39. The van der Waals surface area contributed by atoms with Gasteiger partial charge in [-0.1, -0.05) is 6.08 Å². The Morgan fingerprint density at radius 2 is 1.83 bits per heavy atom. The molecule has 0 atom stereocenters. The number of carbonyl (C=O) groups is 1. The predicted octanol–water partition coefficient (Wildman–Crippen LogP) is 5.66. The summed E-state index contributed by atoms with van der Waals surface area (Å²) >= 11 is 1.46. The van der Waals surface area contributed by atoms with Crippen molar-refractivity contribution in [2.45, 2.75) is 45.4 Å². The van der Waals surface area contributed by atoms with E-state index < -0.39 is 0 Å². The van der Waals surface area contributed by atoms with Crippen LogP contribution in [-0.2, 0) is 9.63 Å². The van der Waals surface area contributed by atoms with Crippen molar-refractivity contribution in [3.63, 3.8) is 0 Å². The van der Waals surface area contributed by atoms with Gasteiger partial charge in [-0.25, -0.2) is 9.82 Å². The highest BCUT2D eigenvalue weighted by molar-refractivity contribution is 7.15. The molecule has 158 valence electrons. The maximum absolute atomic E-state index is 13.2. The second-order valence-electron chi connectivity index (χ2n) is 8.42. The number of anilines is 1. The van der Waals surface area contributed by atoms with E-state index in [0.29, 0.717) is 27.2 Å². The number of rotatable bonds is 6. The smallest absolute Gasteiger partial charge is 0.298 e. The van der Waals surface area contributed by atoms with Gasteiger partial charge in [0.05, 0.1) is 4.91 Å². The largest absolute Gasteiger partial charge is 0.316 e. The third-order valence-corrected chi connectivity index (χ3v) is 7.10. The molecule has 0 unspecified atom stereocenters. The topological polar surface area (TPSA) is 71.3 Å². The Labute approximate surface area is 180 Å². The summed E-state index contributed by atoms with van der Waals surface area (Å²) in [6.45, 7) is 1.97. The van der Waals surface area contributed by atoms with Crippen molar-refractivity contribution in [3.05, 3.63) is 51.9 Å². The van der Waals surface area contributed by atoms with E-state index in [1.807, 2.05) is 6.92 Å². The number of thiazole rings is 1. The summed E-state index contributed by atoms with van der Waals surface area (Å²) in [6, 6.07) is 6.96. The van der Waals surface area contributed by atoms with Crippen LogP contribution in [0, 0.1) is 29.6 Å². The monoisotopic (exact) mass is 426 g/mol. The van der Waals surface area contributed by atoms with Crippen LogP contribution in [0.25, 0.3) is 5.57 Å². The lowest BCUT2D eigenvalue weighted by atomic mass is 9.66. The third kappa shape index (κ3) is 4.78. The minimum Gasteiger partial charge on any atom is -0.298 e. The molecule has 5 rings (SSSR count). The van der Waals surface area contributed by atoms with E-state index in [1.165, 1.54) is 44.1 Å². The van der Waals surface area contributed by atoms with Crippen LogP contribution in [0.2, 0.25) is 0 Å². The Morgan fingerprint density at radius 1 is 1.17 bits per heavy atom. The molecule has 1 amide bonds. The first-order valence-corrected chi connectivity index (χ1v) is 11.4. The Balaban J connectivity index is 1.59. The van der Waals surface area contributed by atoms with E-state index >= 15 is 0 Å². The number of nitrogens with one attached hydrogen (secondary N) is 1. The Kier molecular flexibility index (Phi) is 6.27. The van der Waals surface area contributed by atoms with Gasteiger partial charge in [-0.05, 0) is 80.9 Å². The van der Waals surface area contributed by atoms with Crippen molar-refractivity contribution in [2.75, 3.05) is 12.4 Å². The molecule has 0 saturated heterocycles. The maximum Gasteiger partial charge on any atom is 0.316 e. The normalized spacial score (nSPS) is 23.7. The van der Waals surface area contributed by atoms with Crippen LogP contribution < -0.4 is 5.32 Å². The molecule has 0 aliphatic heterocycles. The average molecular weight is 427 g/mol. The second kappa shape index (κ2) is 9.08. The number of hydrogen-bond donors (Lipinski definition) is 1. The summed E-state index contributed by atoms with van der Waals surface area (Å²) in [6.07, 6.45) is 11.4. The number of fused-ring (bicyclic) bond motifs is 4. The van der Waals surface area contributed by atoms with Crippen molar-refractivity contribution in [1.82, 2.24) is 4.98 Å².